The fraction of sp³-hybridized carbons (Fsp3) is 0.636. The minimum atomic E-state index is 0.0385. The minimum absolute atomic E-state index is 0.0385. The van der Waals surface area contributed by atoms with Gasteiger partial charge in [-0.1, -0.05) is 0 Å². The van der Waals surface area contributed by atoms with Crippen molar-refractivity contribution in [1.29, 1.82) is 0 Å². The van der Waals surface area contributed by atoms with Crippen molar-refractivity contribution in [3.63, 3.8) is 0 Å². The van der Waals surface area contributed by atoms with Crippen LogP contribution in [-0.2, 0) is 7.05 Å². The van der Waals surface area contributed by atoms with E-state index in [2.05, 4.69) is 4.98 Å². The molecule has 0 spiro atoms. The van der Waals surface area contributed by atoms with E-state index in [1.54, 1.807) is 17.1 Å². The van der Waals surface area contributed by atoms with Gasteiger partial charge in [-0.2, -0.15) is 0 Å². The summed E-state index contributed by atoms with van der Waals surface area (Å²) in [6.07, 6.45) is 6.50. The maximum atomic E-state index is 12.2. The van der Waals surface area contributed by atoms with Gasteiger partial charge in [0.1, 0.15) is 5.69 Å². The molecule has 88 valence electrons. The van der Waals surface area contributed by atoms with Gasteiger partial charge in [0.25, 0.3) is 5.91 Å². The SMILES string of the molecule is Cn1cnc(C(=O)N(CCCN)C2CC2)c1. The van der Waals surface area contributed by atoms with Gasteiger partial charge >= 0.3 is 0 Å². The van der Waals surface area contributed by atoms with E-state index in [-0.39, 0.29) is 5.91 Å². The third-order valence-corrected chi connectivity index (χ3v) is 2.78. The van der Waals surface area contributed by atoms with Crippen LogP contribution < -0.4 is 5.73 Å². The van der Waals surface area contributed by atoms with Crippen molar-refractivity contribution in [2.24, 2.45) is 12.8 Å². The van der Waals surface area contributed by atoms with Gasteiger partial charge < -0.3 is 15.2 Å². The highest BCUT2D eigenvalue weighted by atomic mass is 16.2. The zero-order chi connectivity index (χ0) is 11.5. The monoisotopic (exact) mass is 222 g/mol. The Morgan fingerprint density at radius 2 is 2.44 bits per heavy atom. The first-order chi connectivity index (χ1) is 7.72. The van der Waals surface area contributed by atoms with E-state index in [4.69, 9.17) is 5.73 Å². The number of imidazole rings is 1. The van der Waals surface area contributed by atoms with Gasteiger partial charge in [-0.3, -0.25) is 4.79 Å². The number of carbonyl (C=O) groups is 1. The van der Waals surface area contributed by atoms with E-state index in [1.165, 1.54) is 0 Å². The van der Waals surface area contributed by atoms with Crippen LogP contribution in [-0.4, -0.2) is 39.5 Å². The molecule has 1 heterocycles. The number of hydrogen-bond acceptors (Lipinski definition) is 3. The average Bonchev–Trinajstić information content (AvgIpc) is 3.01. The molecular weight excluding hydrogens is 204 g/mol. The van der Waals surface area contributed by atoms with Crippen LogP contribution in [0, 0.1) is 0 Å². The highest BCUT2D eigenvalue weighted by molar-refractivity contribution is 5.92. The zero-order valence-electron chi connectivity index (χ0n) is 9.59. The van der Waals surface area contributed by atoms with Crippen molar-refractivity contribution in [3.05, 3.63) is 18.2 Å². The molecule has 0 aromatic carbocycles. The molecule has 0 bridgehead atoms. The first-order valence-electron chi connectivity index (χ1n) is 5.71. The van der Waals surface area contributed by atoms with Gasteiger partial charge in [0.15, 0.2) is 0 Å². The van der Waals surface area contributed by atoms with Crippen LogP contribution in [0.3, 0.4) is 0 Å². The standard InChI is InChI=1S/C11H18N4O/c1-14-7-10(13-8-14)11(16)15(6-2-5-12)9-3-4-9/h7-9H,2-6,12H2,1H3. The van der Waals surface area contributed by atoms with Crippen LogP contribution in [0.5, 0.6) is 0 Å². The number of amides is 1. The van der Waals surface area contributed by atoms with Gasteiger partial charge in [0.05, 0.1) is 6.33 Å². The number of aryl methyl sites for hydroxylation is 1. The van der Waals surface area contributed by atoms with Crippen molar-refractivity contribution in [2.75, 3.05) is 13.1 Å². The number of hydrogen-bond donors (Lipinski definition) is 1. The molecule has 5 nitrogen and oxygen atoms in total. The highest BCUT2D eigenvalue weighted by Crippen LogP contribution is 2.28. The average molecular weight is 222 g/mol. The number of aromatic nitrogens is 2. The van der Waals surface area contributed by atoms with Crippen molar-refractivity contribution in [2.45, 2.75) is 25.3 Å². The summed E-state index contributed by atoms with van der Waals surface area (Å²) >= 11 is 0. The number of carbonyl (C=O) groups excluding carboxylic acids is 1. The van der Waals surface area contributed by atoms with Crippen molar-refractivity contribution in [3.8, 4) is 0 Å². The molecule has 0 unspecified atom stereocenters. The fourth-order valence-corrected chi connectivity index (χ4v) is 1.77. The molecule has 2 N–H and O–H groups in total. The Kier molecular flexibility index (Phi) is 3.24. The van der Waals surface area contributed by atoms with E-state index in [1.807, 2.05) is 11.9 Å². The summed E-state index contributed by atoms with van der Waals surface area (Å²) < 4.78 is 1.79. The van der Waals surface area contributed by atoms with Gasteiger partial charge in [-0.05, 0) is 25.8 Å². The molecule has 1 fully saturated rings. The van der Waals surface area contributed by atoms with Crippen molar-refractivity contribution < 1.29 is 4.79 Å². The molecule has 1 aromatic rings. The Balaban J connectivity index is 2.04. The molecule has 2 rings (SSSR count). The molecule has 16 heavy (non-hydrogen) atoms. The highest BCUT2D eigenvalue weighted by Gasteiger charge is 2.33. The summed E-state index contributed by atoms with van der Waals surface area (Å²) in [5, 5.41) is 0. The van der Waals surface area contributed by atoms with Crippen LogP contribution in [0.4, 0.5) is 0 Å². The predicted octanol–water partition coefficient (Wildman–Crippen LogP) is 0.373. The maximum absolute atomic E-state index is 12.2. The number of nitrogens with two attached hydrogens (primary N) is 1. The smallest absolute Gasteiger partial charge is 0.274 e. The third-order valence-electron chi connectivity index (χ3n) is 2.78. The molecule has 0 atom stereocenters. The fourth-order valence-electron chi connectivity index (χ4n) is 1.77. The summed E-state index contributed by atoms with van der Waals surface area (Å²) in [6.45, 7) is 1.37. The second-order valence-corrected chi connectivity index (χ2v) is 4.30. The summed E-state index contributed by atoms with van der Waals surface area (Å²) in [4.78, 5) is 18.2. The Bertz CT molecular complexity index is 370. The molecule has 1 aromatic heterocycles. The lowest BCUT2D eigenvalue weighted by atomic mass is 10.3. The van der Waals surface area contributed by atoms with Gasteiger partial charge in [-0.25, -0.2) is 4.98 Å². The van der Waals surface area contributed by atoms with Crippen LogP contribution in [0.25, 0.3) is 0 Å². The maximum Gasteiger partial charge on any atom is 0.274 e. The quantitative estimate of drug-likeness (QED) is 0.783. The van der Waals surface area contributed by atoms with E-state index in [0.717, 1.165) is 25.8 Å². The lowest BCUT2D eigenvalue weighted by molar-refractivity contribution is 0.0736. The number of rotatable bonds is 5. The first-order valence-corrected chi connectivity index (χ1v) is 5.71. The molecular formula is C11H18N4O. The molecule has 1 saturated carbocycles. The van der Waals surface area contributed by atoms with Crippen molar-refractivity contribution in [1.82, 2.24) is 14.5 Å². The lowest BCUT2D eigenvalue weighted by Gasteiger charge is -2.20. The largest absolute Gasteiger partial charge is 0.340 e. The Morgan fingerprint density at radius 3 is 2.94 bits per heavy atom. The van der Waals surface area contributed by atoms with Gasteiger partial charge in [0.2, 0.25) is 0 Å². The lowest BCUT2D eigenvalue weighted by Crippen LogP contribution is -2.35. The Labute approximate surface area is 95.2 Å². The van der Waals surface area contributed by atoms with Crippen LogP contribution in [0.2, 0.25) is 0 Å². The molecule has 0 radical (unpaired) electrons. The van der Waals surface area contributed by atoms with E-state index < -0.39 is 0 Å². The van der Waals surface area contributed by atoms with Crippen LogP contribution in [0.15, 0.2) is 12.5 Å². The normalized spacial score (nSPS) is 15.1. The summed E-state index contributed by atoms with van der Waals surface area (Å²) in [6, 6.07) is 0.418. The molecule has 1 aliphatic rings. The van der Waals surface area contributed by atoms with Crippen LogP contribution in [0.1, 0.15) is 29.8 Å². The Morgan fingerprint density at radius 1 is 1.69 bits per heavy atom. The van der Waals surface area contributed by atoms with Gasteiger partial charge in [-0.15, -0.1) is 0 Å². The van der Waals surface area contributed by atoms with E-state index in [0.29, 0.717) is 18.3 Å². The molecule has 0 aliphatic heterocycles. The molecule has 0 saturated heterocycles. The van der Waals surface area contributed by atoms with E-state index >= 15 is 0 Å². The first kappa shape index (κ1) is 11.1. The third kappa shape index (κ3) is 2.41. The van der Waals surface area contributed by atoms with Crippen LogP contribution >= 0.6 is 0 Å². The zero-order valence-corrected chi connectivity index (χ0v) is 9.59. The minimum Gasteiger partial charge on any atom is -0.340 e. The Hall–Kier alpha value is -1.36. The summed E-state index contributed by atoms with van der Waals surface area (Å²) in [7, 11) is 1.87. The van der Waals surface area contributed by atoms with Crippen molar-refractivity contribution >= 4 is 5.91 Å². The summed E-state index contributed by atoms with van der Waals surface area (Å²) in [5.41, 5.74) is 6.02. The second kappa shape index (κ2) is 4.65. The summed E-state index contributed by atoms with van der Waals surface area (Å²) in [5.74, 6) is 0.0385. The second-order valence-electron chi connectivity index (χ2n) is 4.30. The molecule has 1 amide bonds. The molecule has 1 aliphatic carbocycles. The predicted molar refractivity (Wildman–Crippen MR) is 60.9 cm³/mol. The topological polar surface area (TPSA) is 64.2 Å². The number of nitrogens with zero attached hydrogens (tertiary/aromatic N) is 3. The molecule has 5 heteroatoms. The van der Waals surface area contributed by atoms with Gasteiger partial charge in [0, 0.05) is 25.8 Å². The van der Waals surface area contributed by atoms with E-state index in [9.17, 15) is 4.79 Å².